The summed E-state index contributed by atoms with van der Waals surface area (Å²) in [5, 5.41) is 21.1. The van der Waals surface area contributed by atoms with Crippen LogP contribution in [0.15, 0.2) is 78.4 Å². The van der Waals surface area contributed by atoms with Gasteiger partial charge in [-0.3, -0.25) is 14.5 Å². The van der Waals surface area contributed by atoms with Gasteiger partial charge in [0.15, 0.2) is 0 Å². The van der Waals surface area contributed by atoms with E-state index in [1.54, 1.807) is 36.4 Å². The highest BCUT2D eigenvalue weighted by Gasteiger charge is 2.46. The van der Waals surface area contributed by atoms with Gasteiger partial charge in [0.2, 0.25) is 0 Å². The van der Waals surface area contributed by atoms with E-state index in [2.05, 4.69) is 4.90 Å². The number of nitrogens with zero attached hydrogens (tertiary/aromatic N) is 2. The average Bonchev–Trinajstić information content (AvgIpc) is 3.21. The molecule has 2 aliphatic rings. The van der Waals surface area contributed by atoms with E-state index in [4.69, 9.17) is 9.47 Å². The van der Waals surface area contributed by atoms with Crippen molar-refractivity contribution in [2.45, 2.75) is 19.6 Å². The molecule has 1 amide bonds. The number of likely N-dealkylation sites (tertiary alicyclic amines) is 1. The summed E-state index contributed by atoms with van der Waals surface area (Å²) < 4.78 is 11.3. The van der Waals surface area contributed by atoms with Crippen LogP contribution in [-0.4, -0.2) is 71.1 Å². The Bertz CT molecular complexity index is 1360. The van der Waals surface area contributed by atoms with E-state index in [0.29, 0.717) is 49.8 Å². The highest BCUT2D eigenvalue weighted by molar-refractivity contribution is 6.46. The molecule has 2 N–H and O–H groups in total. The lowest BCUT2D eigenvalue weighted by Crippen LogP contribution is -2.42. The Labute approximate surface area is 227 Å². The second-order valence-corrected chi connectivity index (χ2v) is 9.78. The molecule has 3 aromatic carbocycles. The topological polar surface area (TPSA) is 99.5 Å². The third kappa shape index (κ3) is 5.82. The van der Waals surface area contributed by atoms with Crippen LogP contribution >= 0.6 is 0 Å². The zero-order chi connectivity index (χ0) is 27.4. The monoisotopic (exact) mass is 528 g/mol. The van der Waals surface area contributed by atoms with Gasteiger partial charge in [0.25, 0.3) is 11.7 Å². The van der Waals surface area contributed by atoms with Crippen molar-refractivity contribution >= 4 is 17.4 Å². The van der Waals surface area contributed by atoms with Crippen molar-refractivity contribution in [2.75, 3.05) is 39.4 Å². The van der Waals surface area contributed by atoms with E-state index < -0.39 is 17.7 Å². The Hall–Kier alpha value is -4.14. The number of morpholine rings is 1. The van der Waals surface area contributed by atoms with Crippen LogP contribution in [0.3, 0.4) is 0 Å². The maximum Gasteiger partial charge on any atom is 0.295 e. The molecular formula is C31H32N2O6. The Kier molecular flexibility index (Phi) is 7.95. The highest BCUT2D eigenvalue weighted by atomic mass is 16.5. The fourth-order valence-corrected chi connectivity index (χ4v) is 4.99. The van der Waals surface area contributed by atoms with Gasteiger partial charge < -0.3 is 24.6 Å². The van der Waals surface area contributed by atoms with Crippen LogP contribution in [0, 0.1) is 6.92 Å². The number of ether oxygens (including phenoxy) is 2. The van der Waals surface area contributed by atoms with Gasteiger partial charge in [0.1, 0.15) is 23.9 Å². The minimum Gasteiger partial charge on any atom is -0.508 e. The average molecular weight is 529 g/mol. The van der Waals surface area contributed by atoms with Crippen molar-refractivity contribution in [3.05, 3.63) is 101 Å². The van der Waals surface area contributed by atoms with Crippen LogP contribution < -0.4 is 4.74 Å². The number of hydrogen-bond acceptors (Lipinski definition) is 7. The molecule has 2 heterocycles. The zero-order valence-corrected chi connectivity index (χ0v) is 21.9. The molecule has 0 radical (unpaired) electrons. The van der Waals surface area contributed by atoms with Crippen molar-refractivity contribution in [3.63, 3.8) is 0 Å². The maximum absolute atomic E-state index is 13.3. The summed E-state index contributed by atoms with van der Waals surface area (Å²) in [5.74, 6) is -0.930. The van der Waals surface area contributed by atoms with Crippen molar-refractivity contribution in [3.8, 4) is 11.5 Å². The first kappa shape index (κ1) is 26.5. The van der Waals surface area contributed by atoms with Crippen LogP contribution in [0.5, 0.6) is 11.5 Å². The summed E-state index contributed by atoms with van der Waals surface area (Å²) >= 11 is 0. The summed E-state index contributed by atoms with van der Waals surface area (Å²) in [7, 11) is 0. The fraction of sp³-hybridized carbons (Fsp3) is 0.290. The number of aromatic hydroxyl groups is 1. The number of amides is 1. The molecular weight excluding hydrogens is 496 g/mol. The molecule has 2 aliphatic heterocycles. The predicted octanol–water partition coefficient (Wildman–Crippen LogP) is 4.03. The first-order chi connectivity index (χ1) is 18.9. The van der Waals surface area contributed by atoms with Gasteiger partial charge in [-0.15, -0.1) is 0 Å². The fourth-order valence-electron chi connectivity index (χ4n) is 4.99. The molecule has 0 bridgehead atoms. The van der Waals surface area contributed by atoms with Gasteiger partial charge in [-0.1, -0.05) is 36.4 Å². The van der Waals surface area contributed by atoms with E-state index in [-0.39, 0.29) is 17.1 Å². The molecule has 8 nitrogen and oxygen atoms in total. The molecule has 0 spiro atoms. The lowest BCUT2D eigenvalue weighted by molar-refractivity contribution is -0.140. The number of ketones is 1. The van der Waals surface area contributed by atoms with Gasteiger partial charge in [0.05, 0.1) is 24.8 Å². The summed E-state index contributed by atoms with van der Waals surface area (Å²) in [6.07, 6.45) is 0. The van der Waals surface area contributed by atoms with Crippen LogP contribution in [-0.2, 0) is 20.9 Å². The van der Waals surface area contributed by atoms with Gasteiger partial charge in [-0.25, -0.2) is 0 Å². The number of aliphatic hydroxyl groups is 1. The molecule has 2 fully saturated rings. The van der Waals surface area contributed by atoms with E-state index in [0.717, 1.165) is 24.2 Å². The minimum atomic E-state index is -0.774. The standard InChI is InChI=1S/C31H32N2O6/c1-21-4-2-3-5-24(21)20-39-26-12-8-23(9-13-26)29(35)27-28(22-6-10-25(34)11-7-22)33(31(37)30(27)36)15-14-32-16-18-38-19-17-32/h2-13,28,34-35H,14-20H2,1H3/t28-/m1/s1. The number of aliphatic hydroxyl groups excluding tert-OH is 1. The number of Topliss-reactive ketones (excluding diaryl/α,β-unsaturated/α-hetero) is 1. The lowest BCUT2D eigenvalue weighted by Gasteiger charge is -2.31. The number of carbonyl (C=O) groups excluding carboxylic acids is 2. The van der Waals surface area contributed by atoms with Gasteiger partial charge >= 0.3 is 0 Å². The molecule has 0 unspecified atom stereocenters. The molecule has 1 atom stereocenters. The van der Waals surface area contributed by atoms with E-state index in [1.165, 1.54) is 17.0 Å². The van der Waals surface area contributed by atoms with Crippen molar-refractivity contribution < 1.29 is 29.3 Å². The van der Waals surface area contributed by atoms with Crippen LogP contribution in [0.2, 0.25) is 0 Å². The molecule has 5 rings (SSSR count). The number of benzene rings is 3. The highest BCUT2D eigenvalue weighted by Crippen LogP contribution is 2.39. The molecule has 8 heteroatoms. The SMILES string of the molecule is Cc1ccccc1COc1ccc(C(O)=C2C(=O)C(=O)N(CCN3CCOCC3)[C@@H]2c2ccc(O)cc2)cc1. The number of phenolic OH excluding ortho intramolecular Hbond substituents is 1. The molecule has 39 heavy (non-hydrogen) atoms. The Morgan fingerprint density at radius 3 is 2.33 bits per heavy atom. The first-order valence-electron chi connectivity index (χ1n) is 13.1. The van der Waals surface area contributed by atoms with E-state index in [1.807, 2.05) is 31.2 Å². The van der Waals surface area contributed by atoms with Gasteiger partial charge in [-0.05, 0) is 60.0 Å². The zero-order valence-electron chi connectivity index (χ0n) is 21.9. The van der Waals surface area contributed by atoms with E-state index >= 15 is 0 Å². The number of aryl methyl sites for hydroxylation is 1. The van der Waals surface area contributed by atoms with Crippen molar-refractivity contribution in [1.29, 1.82) is 0 Å². The Balaban J connectivity index is 1.41. The van der Waals surface area contributed by atoms with Gasteiger partial charge in [0, 0.05) is 31.7 Å². The van der Waals surface area contributed by atoms with E-state index in [9.17, 15) is 19.8 Å². The smallest absolute Gasteiger partial charge is 0.295 e. The number of hydrogen-bond donors (Lipinski definition) is 2. The third-order valence-corrected chi connectivity index (χ3v) is 7.29. The van der Waals surface area contributed by atoms with Crippen LogP contribution in [0.25, 0.3) is 5.76 Å². The quantitative estimate of drug-likeness (QED) is 0.259. The molecule has 0 aromatic heterocycles. The van der Waals surface area contributed by atoms with Crippen LogP contribution in [0.4, 0.5) is 0 Å². The number of phenols is 1. The second-order valence-electron chi connectivity index (χ2n) is 9.78. The molecule has 0 saturated carbocycles. The van der Waals surface area contributed by atoms with Crippen molar-refractivity contribution in [2.24, 2.45) is 0 Å². The molecule has 2 saturated heterocycles. The van der Waals surface area contributed by atoms with Gasteiger partial charge in [-0.2, -0.15) is 0 Å². The maximum atomic E-state index is 13.3. The van der Waals surface area contributed by atoms with Crippen LogP contribution in [0.1, 0.15) is 28.3 Å². The summed E-state index contributed by atoms with van der Waals surface area (Å²) in [6.45, 7) is 6.11. The first-order valence-corrected chi connectivity index (χ1v) is 13.1. The van der Waals surface area contributed by atoms with Crippen molar-refractivity contribution in [1.82, 2.24) is 9.80 Å². The summed E-state index contributed by atoms with van der Waals surface area (Å²) in [4.78, 5) is 30.2. The molecule has 0 aliphatic carbocycles. The number of rotatable bonds is 8. The lowest BCUT2D eigenvalue weighted by atomic mass is 9.95. The predicted molar refractivity (Wildman–Crippen MR) is 146 cm³/mol. The third-order valence-electron chi connectivity index (χ3n) is 7.29. The molecule has 202 valence electrons. The second kappa shape index (κ2) is 11.7. The minimum absolute atomic E-state index is 0.0289. The molecule has 3 aromatic rings. The Morgan fingerprint density at radius 2 is 1.64 bits per heavy atom. The largest absolute Gasteiger partial charge is 0.508 e. The number of carbonyl (C=O) groups is 2. The summed E-state index contributed by atoms with van der Waals surface area (Å²) in [5.41, 5.74) is 3.29. The Morgan fingerprint density at radius 1 is 0.949 bits per heavy atom. The normalized spacial score (nSPS) is 19.4. The summed E-state index contributed by atoms with van der Waals surface area (Å²) in [6, 6.07) is 20.4.